The van der Waals surface area contributed by atoms with Gasteiger partial charge < -0.3 is 19.2 Å². The Morgan fingerprint density at radius 3 is 2.19 bits per heavy atom. The van der Waals surface area contributed by atoms with Crippen molar-refractivity contribution in [2.75, 3.05) is 13.2 Å². The van der Waals surface area contributed by atoms with Crippen LogP contribution in [0.2, 0.25) is 0 Å². The monoisotopic (exact) mass is 575 g/mol. The molecular formula is C28H34BrNO7. The highest BCUT2D eigenvalue weighted by atomic mass is 79.9. The summed E-state index contributed by atoms with van der Waals surface area (Å²) in [6, 6.07) is 4.95. The predicted molar refractivity (Wildman–Crippen MR) is 144 cm³/mol. The van der Waals surface area contributed by atoms with Crippen molar-refractivity contribution in [3.63, 3.8) is 0 Å². The zero-order valence-electron chi connectivity index (χ0n) is 22.6. The Hall–Kier alpha value is -2.94. The van der Waals surface area contributed by atoms with Crippen LogP contribution in [0.15, 0.2) is 31.9 Å². The molecule has 1 unspecified atom stereocenters. The number of hydrogen-bond donors (Lipinski definition) is 1. The number of ether oxygens (including phenoxy) is 2. The van der Waals surface area contributed by atoms with E-state index in [1.165, 1.54) is 6.92 Å². The molecule has 9 heteroatoms. The van der Waals surface area contributed by atoms with E-state index in [0.717, 1.165) is 0 Å². The van der Waals surface area contributed by atoms with Crippen molar-refractivity contribution in [2.24, 2.45) is 10.8 Å². The lowest BCUT2D eigenvalue weighted by Crippen LogP contribution is -2.53. The summed E-state index contributed by atoms with van der Waals surface area (Å²) in [6.45, 7) is 14.4. The quantitative estimate of drug-likeness (QED) is 0.290. The molecule has 1 aliphatic rings. The number of ketones is 1. The van der Waals surface area contributed by atoms with Crippen LogP contribution in [0.25, 0.3) is 22.2 Å². The number of carbonyl (C=O) groups excluding carboxylic acids is 3. The standard InChI is InChI=1S/C28H34BrNO7/c1-9-35-24(33)21-19-17-13-16(29)11-12-18(17)37-23(32)20(19)22(30-27(7,8)14-26(4,5)6)28(21,15(3)31)25(34)36-10-2/h11-13,30H,9-10,14H2,1-8H3. The van der Waals surface area contributed by atoms with Gasteiger partial charge in [0.25, 0.3) is 0 Å². The van der Waals surface area contributed by atoms with E-state index in [2.05, 4.69) is 42.0 Å². The van der Waals surface area contributed by atoms with Gasteiger partial charge in [-0.05, 0) is 64.7 Å². The topological polar surface area (TPSA) is 112 Å². The molecular weight excluding hydrogens is 542 g/mol. The molecule has 1 aliphatic carbocycles. The fraction of sp³-hybridized carbons (Fsp3) is 0.500. The number of halogens is 1. The molecule has 8 nitrogen and oxygen atoms in total. The molecule has 1 N–H and O–H groups in total. The van der Waals surface area contributed by atoms with Crippen molar-refractivity contribution in [1.29, 1.82) is 0 Å². The average molecular weight is 576 g/mol. The maximum atomic E-state index is 13.8. The SMILES string of the molecule is CCOC(=O)C1=c2c(c(=O)oc3ccc(Br)cc23)=C(NC(C)(C)CC(C)(C)C)C1(C(C)=O)C(=O)OCC. The molecule has 1 aromatic carbocycles. The van der Waals surface area contributed by atoms with Gasteiger partial charge in [-0.25, -0.2) is 9.59 Å². The molecule has 0 saturated heterocycles. The number of rotatable bonds is 8. The van der Waals surface area contributed by atoms with E-state index < -0.39 is 34.3 Å². The maximum Gasteiger partial charge on any atom is 0.346 e. The number of benzene rings is 1. The smallest absolute Gasteiger partial charge is 0.346 e. The normalized spacial score (nSPS) is 17.5. The third-order valence-corrected chi connectivity index (χ3v) is 6.64. The number of fused-ring (bicyclic) bond motifs is 3. The van der Waals surface area contributed by atoms with E-state index in [-0.39, 0.29) is 45.9 Å². The molecule has 3 rings (SSSR count). The summed E-state index contributed by atoms with van der Waals surface area (Å²) in [7, 11) is 0. The minimum atomic E-state index is -2.25. The van der Waals surface area contributed by atoms with Gasteiger partial charge in [-0.15, -0.1) is 0 Å². The molecule has 0 aliphatic heterocycles. The van der Waals surface area contributed by atoms with Gasteiger partial charge in [-0.2, -0.15) is 0 Å². The molecule has 37 heavy (non-hydrogen) atoms. The van der Waals surface area contributed by atoms with Gasteiger partial charge in [-0.3, -0.25) is 9.59 Å². The lowest BCUT2D eigenvalue weighted by Gasteiger charge is -2.39. The first kappa shape index (κ1) is 28.6. The second-order valence-electron chi connectivity index (χ2n) is 11.0. The lowest BCUT2D eigenvalue weighted by molar-refractivity contribution is -0.154. The van der Waals surface area contributed by atoms with Gasteiger partial charge in [-0.1, -0.05) is 36.7 Å². The van der Waals surface area contributed by atoms with Crippen LogP contribution in [0, 0.1) is 10.8 Å². The first-order valence-corrected chi connectivity index (χ1v) is 13.1. The molecule has 2 aromatic rings. The van der Waals surface area contributed by atoms with E-state index in [1.807, 2.05) is 13.8 Å². The Kier molecular flexibility index (Phi) is 7.80. The van der Waals surface area contributed by atoms with Crippen molar-refractivity contribution >= 4 is 55.9 Å². The van der Waals surface area contributed by atoms with E-state index >= 15 is 0 Å². The number of carbonyl (C=O) groups is 3. The Morgan fingerprint density at radius 1 is 1.03 bits per heavy atom. The van der Waals surface area contributed by atoms with Gasteiger partial charge in [0.05, 0.1) is 29.7 Å². The van der Waals surface area contributed by atoms with Gasteiger partial charge in [0.1, 0.15) is 5.58 Å². The minimum Gasteiger partial charge on any atom is -0.465 e. The summed E-state index contributed by atoms with van der Waals surface area (Å²) in [5.74, 6) is -2.52. The van der Waals surface area contributed by atoms with Crippen molar-refractivity contribution in [1.82, 2.24) is 5.32 Å². The Morgan fingerprint density at radius 2 is 1.65 bits per heavy atom. The van der Waals surface area contributed by atoms with E-state index in [9.17, 15) is 19.2 Å². The van der Waals surface area contributed by atoms with Crippen LogP contribution in [0.4, 0.5) is 0 Å². The lowest BCUT2D eigenvalue weighted by atomic mass is 9.74. The second-order valence-corrected chi connectivity index (χ2v) is 11.9. The molecule has 200 valence electrons. The molecule has 0 spiro atoms. The summed E-state index contributed by atoms with van der Waals surface area (Å²) in [5, 5.41) is 3.77. The maximum absolute atomic E-state index is 13.8. The molecule has 0 amide bonds. The first-order chi connectivity index (χ1) is 17.1. The zero-order chi connectivity index (χ0) is 27.9. The number of nitrogens with one attached hydrogen (secondary N) is 1. The van der Waals surface area contributed by atoms with Crippen molar-refractivity contribution in [2.45, 2.75) is 67.3 Å². The van der Waals surface area contributed by atoms with Crippen LogP contribution in [0.3, 0.4) is 0 Å². The van der Waals surface area contributed by atoms with Crippen LogP contribution < -0.4 is 21.4 Å². The van der Waals surface area contributed by atoms with Gasteiger partial charge in [0.15, 0.2) is 11.2 Å². The summed E-state index contributed by atoms with van der Waals surface area (Å²) < 4.78 is 17.1. The van der Waals surface area contributed by atoms with E-state index in [0.29, 0.717) is 16.3 Å². The van der Waals surface area contributed by atoms with Crippen molar-refractivity contribution in [3.05, 3.63) is 43.5 Å². The third-order valence-electron chi connectivity index (χ3n) is 6.14. The van der Waals surface area contributed by atoms with Crippen molar-refractivity contribution < 1.29 is 28.3 Å². The number of Topliss-reactive ketones (excluding diaryl/α,β-unsaturated/α-hetero) is 1. The summed E-state index contributed by atoms with van der Waals surface area (Å²) >= 11 is 3.43. The van der Waals surface area contributed by atoms with Crippen LogP contribution in [-0.4, -0.2) is 36.5 Å². The molecule has 1 heterocycles. The fourth-order valence-electron chi connectivity index (χ4n) is 5.42. The van der Waals surface area contributed by atoms with Crippen LogP contribution in [0.5, 0.6) is 0 Å². The summed E-state index contributed by atoms with van der Waals surface area (Å²) in [4.78, 5) is 54.6. The highest BCUT2D eigenvalue weighted by Crippen LogP contribution is 2.43. The van der Waals surface area contributed by atoms with Crippen LogP contribution >= 0.6 is 15.9 Å². The fourth-order valence-corrected chi connectivity index (χ4v) is 5.78. The first-order valence-electron chi connectivity index (χ1n) is 12.3. The van der Waals surface area contributed by atoms with Gasteiger partial charge >= 0.3 is 17.6 Å². The Bertz CT molecular complexity index is 1460. The molecule has 1 aromatic heterocycles. The molecule has 1 atom stereocenters. The Labute approximate surface area is 224 Å². The predicted octanol–water partition coefficient (Wildman–Crippen LogP) is 3.33. The highest BCUT2D eigenvalue weighted by molar-refractivity contribution is 9.10. The molecule has 0 radical (unpaired) electrons. The number of esters is 2. The second kappa shape index (κ2) is 10.1. The van der Waals surface area contributed by atoms with Gasteiger partial charge in [0, 0.05) is 20.6 Å². The zero-order valence-corrected chi connectivity index (χ0v) is 24.2. The molecule has 0 saturated carbocycles. The Balaban J connectivity index is 2.67. The summed E-state index contributed by atoms with van der Waals surface area (Å²) in [6.07, 6.45) is 0.606. The third kappa shape index (κ3) is 5.10. The average Bonchev–Trinajstić information content (AvgIpc) is 3.05. The van der Waals surface area contributed by atoms with Crippen LogP contribution in [0.1, 0.15) is 61.8 Å². The van der Waals surface area contributed by atoms with E-state index in [4.69, 9.17) is 13.9 Å². The highest BCUT2D eigenvalue weighted by Gasteiger charge is 2.59. The molecule has 0 bridgehead atoms. The van der Waals surface area contributed by atoms with Gasteiger partial charge in [0.2, 0.25) is 0 Å². The van der Waals surface area contributed by atoms with Crippen molar-refractivity contribution in [3.8, 4) is 0 Å². The van der Waals surface area contributed by atoms with Crippen LogP contribution in [-0.2, 0) is 23.9 Å². The largest absolute Gasteiger partial charge is 0.465 e. The molecule has 0 fully saturated rings. The van der Waals surface area contributed by atoms with E-state index in [1.54, 1.807) is 32.0 Å². The minimum absolute atomic E-state index is 0.00414. The number of hydrogen-bond acceptors (Lipinski definition) is 8. The summed E-state index contributed by atoms with van der Waals surface area (Å²) in [5.41, 5.74) is -3.96.